The van der Waals surface area contributed by atoms with E-state index < -0.39 is 5.60 Å². The van der Waals surface area contributed by atoms with Gasteiger partial charge in [-0.05, 0) is 33.6 Å². The Morgan fingerprint density at radius 2 is 1.80 bits per heavy atom. The summed E-state index contributed by atoms with van der Waals surface area (Å²) in [5.41, 5.74) is -0.427. The van der Waals surface area contributed by atoms with Gasteiger partial charge >= 0.3 is 6.09 Å². The number of hydrogen-bond acceptors (Lipinski definition) is 4. The number of carbonyl (C=O) groups is 1. The van der Waals surface area contributed by atoms with E-state index in [-0.39, 0.29) is 12.1 Å². The maximum Gasteiger partial charge on any atom is 0.407 e. The maximum absolute atomic E-state index is 11.6. The topological polar surface area (TPSA) is 50.8 Å². The summed E-state index contributed by atoms with van der Waals surface area (Å²) in [6.07, 6.45) is 1.64. The van der Waals surface area contributed by atoms with Crippen LogP contribution in [0.5, 0.6) is 0 Å². The molecule has 0 saturated carbocycles. The summed E-state index contributed by atoms with van der Waals surface area (Å²) in [7, 11) is 1.72. The first-order valence-corrected chi connectivity index (χ1v) is 7.61. The number of hydrogen-bond donors (Lipinski definition) is 1. The number of piperidine rings is 1. The predicted octanol–water partition coefficient (Wildman–Crippen LogP) is 2.65. The van der Waals surface area contributed by atoms with Gasteiger partial charge in [0.2, 0.25) is 0 Å². The van der Waals surface area contributed by atoms with Gasteiger partial charge in [0.1, 0.15) is 5.60 Å². The molecule has 0 aromatic carbocycles. The Hall–Kier alpha value is -0.810. The molecule has 1 amide bonds. The van der Waals surface area contributed by atoms with E-state index in [0.717, 1.165) is 39.1 Å². The monoisotopic (exact) mass is 288 g/mol. The van der Waals surface area contributed by atoms with Crippen molar-refractivity contribution < 1.29 is 14.3 Å². The van der Waals surface area contributed by atoms with Crippen molar-refractivity contribution in [2.45, 2.75) is 59.1 Å². The smallest absolute Gasteiger partial charge is 0.407 e. The van der Waals surface area contributed by atoms with Crippen LogP contribution in [0.1, 0.15) is 47.5 Å². The highest BCUT2D eigenvalue weighted by Crippen LogP contribution is 2.12. The number of amides is 1. The average molecular weight is 288 g/mol. The summed E-state index contributed by atoms with van der Waals surface area (Å²) in [6, 6.07) is 0.235. The lowest BCUT2D eigenvalue weighted by Gasteiger charge is -2.32. The minimum absolute atomic E-state index is 0.235. The van der Waals surface area contributed by atoms with Crippen LogP contribution >= 0.6 is 0 Å². The van der Waals surface area contributed by atoms with Crippen molar-refractivity contribution >= 4 is 6.09 Å². The molecule has 1 aliphatic rings. The first kappa shape index (κ1) is 19.2. The van der Waals surface area contributed by atoms with Crippen molar-refractivity contribution in [3.8, 4) is 0 Å². The Bertz CT molecular complexity index is 256. The van der Waals surface area contributed by atoms with Gasteiger partial charge in [-0.2, -0.15) is 0 Å². The molecular weight excluding hydrogens is 256 g/mol. The molecule has 0 atom stereocenters. The number of nitrogens with one attached hydrogen (secondary N) is 1. The standard InChI is InChI=1S/C13H26N2O3.C2H6/c1-13(2,3)18-12(16)14-11-5-7-15(8-6-11)9-10-17-4;1-2/h11H,5-10H2,1-4H3,(H,14,16);1-2H3. The van der Waals surface area contributed by atoms with Gasteiger partial charge < -0.3 is 19.7 Å². The summed E-state index contributed by atoms with van der Waals surface area (Å²) in [4.78, 5) is 14.0. The summed E-state index contributed by atoms with van der Waals surface area (Å²) in [5.74, 6) is 0. The number of carbonyl (C=O) groups excluding carboxylic acids is 1. The first-order valence-electron chi connectivity index (χ1n) is 7.61. The second kappa shape index (κ2) is 10.00. The SMILES string of the molecule is CC.COCCN1CCC(NC(=O)OC(C)(C)C)CC1. The van der Waals surface area contributed by atoms with Gasteiger partial charge in [-0.15, -0.1) is 0 Å². The van der Waals surface area contributed by atoms with E-state index in [1.54, 1.807) is 7.11 Å². The van der Waals surface area contributed by atoms with Gasteiger partial charge in [0.25, 0.3) is 0 Å². The second-order valence-corrected chi connectivity index (χ2v) is 5.75. The highest BCUT2D eigenvalue weighted by Gasteiger charge is 2.23. The Balaban J connectivity index is 0.00000172. The van der Waals surface area contributed by atoms with Gasteiger partial charge in [-0.3, -0.25) is 0 Å². The Morgan fingerprint density at radius 1 is 1.25 bits per heavy atom. The average Bonchev–Trinajstić information content (AvgIpc) is 2.38. The van der Waals surface area contributed by atoms with Crippen LogP contribution in [-0.2, 0) is 9.47 Å². The van der Waals surface area contributed by atoms with Crippen LogP contribution in [0.15, 0.2) is 0 Å². The quantitative estimate of drug-likeness (QED) is 0.864. The van der Waals surface area contributed by atoms with E-state index in [1.165, 1.54) is 0 Å². The molecular formula is C15H32N2O3. The van der Waals surface area contributed by atoms with Crippen LogP contribution < -0.4 is 5.32 Å². The summed E-state index contributed by atoms with van der Waals surface area (Å²) in [6.45, 7) is 13.4. The molecule has 0 aromatic rings. The fourth-order valence-corrected chi connectivity index (χ4v) is 2.00. The molecule has 0 aromatic heterocycles. The highest BCUT2D eigenvalue weighted by atomic mass is 16.6. The van der Waals surface area contributed by atoms with Crippen molar-refractivity contribution in [2.75, 3.05) is 33.4 Å². The van der Waals surface area contributed by atoms with Crippen molar-refractivity contribution in [2.24, 2.45) is 0 Å². The second-order valence-electron chi connectivity index (χ2n) is 5.75. The molecule has 0 aliphatic carbocycles. The van der Waals surface area contributed by atoms with Gasteiger partial charge in [0.15, 0.2) is 0 Å². The van der Waals surface area contributed by atoms with E-state index in [4.69, 9.17) is 9.47 Å². The highest BCUT2D eigenvalue weighted by molar-refractivity contribution is 5.68. The molecule has 20 heavy (non-hydrogen) atoms. The molecule has 0 radical (unpaired) electrons. The third-order valence-electron chi connectivity index (χ3n) is 2.92. The molecule has 1 saturated heterocycles. The van der Waals surface area contributed by atoms with Gasteiger partial charge in [0, 0.05) is 32.8 Å². The zero-order chi connectivity index (χ0) is 15.6. The maximum atomic E-state index is 11.6. The van der Waals surface area contributed by atoms with Crippen LogP contribution in [-0.4, -0.2) is 56.0 Å². The van der Waals surface area contributed by atoms with E-state index >= 15 is 0 Å². The van der Waals surface area contributed by atoms with Crippen LogP contribution in [0, 0.1) is 0 Å². The summed E-state index contributed by atoms with van der Waals surface area (Å²) >= 11 is 0. The Kier molecular flexibility index (Phi) is 9.59. The van der Waals surface area contributed by atoms with Gasteiger partial charge in [0.05, 0.1) is 6.61 Å². The van der Waals surface area contributed by atoms with Crippen molar-refractivity contribution in [1.82, 2.24) is 10.2 Å². The van der Waals surface area contributed by atoms with Crippen molar-refractivity contribution in [1.29, 1.82) is 0 Å². The zero-order valence-electron chi connectivity index (χ0n) is 14.0. The largest absolute Gasteiger partial charge is 0.444 e. The normalized spacial score (nSPS) is 17.1. The molecule has 0 unspecified atom stereocenters. The molecule has 1 rings (SSSR count). The number of rotatable bonds is 4. The van der Waals surface area contributed by atoms with E-state index in [1.807, 2.05) is 34.6 Å². The number of likely N-dealkylation sites (tertiary alicyclic amines) is 1. The third-order valence-corrected chi connectivity index (χ3v) is 2.92. The molecule has 120 valence electrons. The number of methoxy groups -OCH3 is 1. The van der Waals surface area contributed by atoms with Crippen LogP contribution in [0.4, 0.5) is 4.79 Å². The molecule has 1 heterocycles. The molecule has 0 bridgehead atoms. The lowest BCUT2D eigenvalue weighted by molar-refractivity contribution is 0.0472. The van der Waals surface area contributed by atoms with Gasteiger partial charge in [-0.1, -0.05) is 13.8 Å². The Labute approximate surface area is 124 Å². The van der Waals surface area contributed by atoms with Crippen LogP contribution in [0.2, 0.25) is 0 Å². The predicted molar refractivity (Wildman–Crippen MR) is 82.1 cm³/mol. The van der Waals surface area contributed by atoms with Crippen molar-refractivity contribution in [3.05, 3.63) is 0 Å². The Morgan fingerprint density at radius 3 is 2.25 bits per heavy atom. The van der Waals surface area contributed by atoms with Crippen LogP contribution in [0.25, 0.3) is 0 Å². The lowest BCUT2D eigenvalue weighted by Crippen LogP contribution is -2.46. The van der Waals surface area contributed by atoms with Gasteiger partial charge in [-0.25, -0.2) is 4.79 Å². The molecule has 1 aliphatic heterocycles. The molecule has 1 fully saturated rings. The minimum Gasteiger partial charge on any atom is -0.444 e. The number of ether oxygens (including phenoxy) is 2. The molecule has 5 nitrogen and oxygen atoms in total. The molecule has 1 N–H and O–H groups in total. The number of alkyl carbamates (subject to hydrolysis) is 1. The molecule has 0 spiro atoms. The number of nitrogens with zero attached hydrogens (tertiary/aromatic N) is 1. The van der Waals surface area contributed by atoms with E-state index in [0.29, 0.717) is 0 Å². The first-order chi connectivity index (χ1) is 9.40. The third kappa shape index (κ3) is 9.15. The van der Waals surface area contributed by atoms with Crippen LogP contribution in [0.3, 0.4) is 0 Å². The lowest BCUT2D eigenvalue weighted by atomic mass is 10.1. The zero-order valence-corrected chi connectivity index (χ0v) is 14.0. The van der Waals surface area contributed by atoms with E-state index in [2.05, 4.69) is 10.2 Å². The fourth-order valence-electron chi connectivity index (χ4n) is 2.00. The fraction of sp³-hybridized carbons (Fsp3) is 0.933. The van der Waals surface area contributed by atoms with E-state index in [9.17, 15) is 4.79 Å². The summed E-state index contributed by atoms with van der Waals surface area (Å²) in [5, 5.41) is 2.93. The molecule has 5 heteroatoms. The van der Waals surface area contributed by atoms with Crippen molar-refractivity contribution in [3.63, 3.8) is 0 Å². The minimum atomic E-state index is -0.427. The summed E-state index contributed by atoms with van der Waals surface area (Å²) < 4.78 is 10.3.